The maximum absolute atomic E-state index is 11.1. The molecule has 1 saturated heterocycles. The minimum Gasteiger partial charge on any atom is -0.490 e. The van der Waals surface area contributed by atoms with Crippen LogP contribution in [0.25, 0.3) is 0 Å². The van der Waals surface area contributed by atoms with Gasteiger partial charge in [0.25, 0.3) is 0 Å². The van der Waals surface area contributed by atoms with Crippen LogP contribution in [-0.4, -0.2) is 40.9 Å². The van der Waals surface area contributed by atoms with E-state index in [-0.39, 0.29) is 11.6 Å². The molecule has 0 aliphatic carbocycles. The molecule has 1 aliphatic heterocycles. The van der Waals surface area contributed by atoms with Crippen LogP contribution in [0.2, 0.25) is 0 Å². The molecule has 1 atom stereocenters. The molecule has 0 bridgehead atoms. The highest BCUT2D eigenvalue weighted by atomic mass is 16.5. The van der Waals surface area contributed by atoms with Crippen molar-refractivity contribution < 1.29 is 4.74 Å². The maximum Gasteiger partial charge on any atom is 0.363 e. The quantitative estimate of drug-likeness (QED) is 0.513. The lowest BCUT2D eigenvalue weighted by Gasteiger charge is -2.16. The molecule has 28 heavy (non-hydrogen) atoms. The van der Waals surface area contributed by atoms with Crippen molar-refractivity contribution in [3.05, 3.63) is 52.5 Å². The van der Waals surface area contributed by atoms with E-state index in [1.165, 1.54) is 31.2 Å². The van der Waals surface area contributed by atoms with Gasteiger partial charge in [0.2, 0.25) is 0 Å². The van der Waals surface area contributed by atoms with E-state index in [1.807, 2.05) is 24.3 Å². The highest BCUT2D eigenvalue weighted by Crippen LogP contribution is 2.18. The number of nitrogens with one attached hydrogen (secondary N) is 3. The number of benzene rings is 1. The highest BCUT2D eigenvalue weighted by molar-refractivity contribution is 5.54. The number of anilines is 2. The highest BCUT2D eigenvalue weighted by Gasteiger charge is 2.12. The lowest BCUT2D eigenvalue weighted by Crippen LogP contribution is -2.30. The molecule has 0 spiro atoms. The minimum atomic E-state index is -0.539. The number of nitrogens with zero attached hydrogens (tertiary/aromatic N) is 2. The van der Waals surface area contributed by atoms with Gasteiger partial charge in [0, 0.05) is 12.6 Å². The number of nitrogens with two attached hydrogens (primary N) is 1. The third-order valence-corrected chi connectivity index (χ3v) is 4.67. The average Bonchev–Trinajstić information content (AvgIpc) is 2.96. The second kappa shape index (κ2) is 10.5. The van der Waals surface area contributed by atoms with Crippen LogP contribution in [0.5, 0.6) is 5.75 Å². The second-order valence-corrected chi connectivity index (χ2v) is 6.89. The normalized spacial score (nSPS) is 17.4. The monoisotopic (exact) mass is 384 g/mol. The Labute approximate surface area is 164 Å². The van der Waals surface area contributed by atoms with Crippen molar-refractivity contribution in [3.8, 4) is 5.75 Å². The molecule has 0 amide bonds. The van der Waals surface area contributed by atoms with Gasteiger partial charge in [-0.05, 0) is 49.6 Å². The van der Waals surface area contributed by atoms with Crippen LogP contribution in [0.4, 0.5) is 11.6 Å². The molecule has 1 unspecified atom stereocenters. The Kier molecular flexibility index (Phi) is 7.43. The Morgan fingerprint density at radius 3 is 3.14 bits per heavy atom. The van der Waals surface area contributed by atoms with E-state index in [9.17, 15) is 4.79 Å². The predicted molar refractivity (Wildman–Crippen MR) is 111 cm³/mol. The van der Waals surface area contributed by atoms with Crippen LogP contribution < -0.4 is 26.8 Å². The number of hydrogen-bond acceptors (Lipinski definition) is 7. The van der Waals surface area contributed by atoms with Crippen molar-refractivity contribution in [2.75, 3.05) is 30.7 Å². The van der Waals surface area contributed by atoms with E-state index in [0.717, 1.165) is 18.7 Å². The maximum atomic E-state index is 11.1. The summed E-state index contributed by atoms with van der Waals surface area (Å²) in [5.74, 6) is 1.30. The summed E-state index contributed by atoms with van der Waals surface area (Å²) in [4.78, 5) is 14.9. The molecule has 2 aromatic rings. The fraction of sp³-hybridized carbons (Fsp3) is 0.450. The number of aromatic amines is 1. The van der Waals surface area contributed by atoms with E-state index in [0.29, 0.717) is 19.2 Å². The van der Waals surface area contributed by atoms with Crippen LogP contribution in [0.3, 0.4) is 0 Å². The summed E-state index contributed by atoms with van der Waals surface area (Å²) in [6, 6.07) is 8.85. The molecular formula is C20H28N6O2. The zero-order chi connectivity index (χ0) is 19.6. The molecule has 1 aliphatic rings. The van der Waals surface area contributed by atoms with Gasteiger partial charge in [-0.2, -0.15) is 4.98 Å². The Hall–Kier alpha value is -2.87. The number of nitrogen functional groups attached to an aromatic ring is 1. The topological polar surface area (TPSA) is 118 Å². The molecule has 150 valence electrons. The smallest absolute Gasteiger partial charge is 0.363 e. The fourth-order valence-corrected chi connectivity index (χ4v) is 3.25. The molecule has 0 radical (unpaired) electrons. The summed E-state index contributed by atoms with van der Waals surface area (Å²) >= 11 is 0. The summed E-state index contributed by atoms with van der Waals surface area (Å²) < 4.78 is 5.81. The van der Waals surface area contributed by atoms with Gasteiger partial charge >= 0.3 is 5.69 Å². The largest absolute Gasteiger partial charge is 0.490 e. The van der Waals surface area contributed by atoms with E-state index < -0.39 is 5.69 Å². The molecule has 1 aromatic carbocycles. The van der Waals surface area contributed by atoms with Crippen LogP contribution >= 0.6 is 0 Å². The fourth-order valence-electron chi connectivity index (χ4n) is 3.25. The van der Waals surface area contributed by atoms with E-state index in [1.54, 1.807) is 0 Å². The zero-order valence-corrected chi connectivity index (χ0v) is 16.0. The Bertz CT molecular complexity index is 827. The van der Waals surface area contributed by atoms with Gasteiger partial charge in [0.1, 0.15) is 12.4 Å². The van der Waals surface area contributed by atoms with E-state index in [2.05, 4.69) is 37.9 Å². The van der Waals surface area contributed by atoms with Gasteiger partial charge in [-0.1, -0.05) is 31.1 Å². The Morgan fingerprint density at radius 1 is 1.29 bits per heavy atom. The average molecular weight is 384 g/mol. The third kappa shape index (κ3) is 6.38. The van der Waals surface area contributed by atoms with Gasteiger partial charge < -0.3 is 21.1 Å². The molecule has 1 fully saturated rings. The first-order chi connectivity index (χ1) is 13.7. The van der Waals surface area contributed by atoms with E-state index >= 15 is 0 Å². The number of ether oxygens (including phenoxy) is 1. The van der Waals surface area contributed by atoms with Crippen molar-refractivity contribution in [2.24, 2.45) is 0 Å². The zero-order valence-electron chi connectivity index (χ0n) is 16.0. The first-order valence-corrected chi connectivity index (χ1v) is 9.77. The van der Waals surface area contributed by atoms with Crippen LogP contribution in [0, 0.1) is 0 Å². The van der Waals surface area contributed by atoms with E-state index in [4.69, 9.17) is 10.5 Å². The first-order valence-electron chi connectivity index (χ1n) is 9.77. The Balaban J connectivity index is 1.42. The lowest BCUT2D eigenvalue weighted by atomic mass is 10.0. The summed E-state index contributed by atoms with van der Waals surface area (Å²) in [7, 11) is 0. The van der Waals surface area contributed by atoms with Crippen molar-refractivity contribution in [1.82, 2.24) is 20.5 Å². The molecular weight excluding hydrogens is 356 g/mol. The first kappa shape index (κ1) is 19.9. The summed E-state index contributed by atoms with van der Waals surface area (Å²) in [5, 5.41) is 12.4. The number of H-pyrrole nitrogens is 1. The molecule has 1 aromatic heterocycles. The van der Waals surface area contributed by atoms with Gasteiger partial charge in [-0.25, -0.2) is 9.89 Å². The number of hydrogen-bond donors (Lipinski definition) is 4. The van der Waals surface area contributed by atoms with Gasteiger partial charge in [-0.15, -0.1) is 5.10 Å². The summed E-state index contributed by atoms with van der Waals surface area (Å²) in [6.07, 6.45) is 9.99. The summed E-state index contributed by atoms with van der Waals surface area (Å²) in [6.45, 7) is 2.05. The van der Waals surface area contributed by atoms with Crippen molar-refractivity contribution >= 4 is 11.6 Å². The van der Waals surface area contributed by atoms with Crippen LogP contribution in [-0.2, 0) is 6.42 Å². The van der Waals surface area contributed by atoms with Gasteiger partial charge in [0.15, 0.2) is 11.6 Å². The molecule has 3 rings (SSSR count). The number of rotatable bonds is 8. The Morgan fingerprint density at radius 2 is 2.21 bits per heavy atom. The lowest BCUT2D eigenvalue weighted by molar-refractivity contribution is 0.362. The van der Waals surface area contributed by atoms with Crippen molar-refractivity contribution in [2.45, 2.75) is 38.1 Å². The summed E-state index contributed by atoms with van der Waals surface area (Å²) in [5.41, 5.74) is 6.39. The molecule has 5 N–H and O–H groups in total. The minimum absolute atomic E-state index is 0.157. The van der Waals surface area contributed by atoms with Crippen LogP contribution in [0.15, 0.2) is 41.2 Å². The standard InChI is InChI=1S/C20H28N6O2/c21-18-19(24-20(27)26-25-18)23-11-4-5-12-28-17-9-6-7-15(14-17)13-16-8-2-1-3-10-22-16/h4-7,9,14,16,22H,1-3,8,10-13H2,(H2,21,25)(H2,23,24,26,27)/b5-4-. The van der Waals surface area contributed by atoms with Crippen LogP contribution in [0.1, 0.15) is 31.2 Å². The molecule has 8 nitrogen and oxygen atoms in total. The molecule has 0 saturated carbocycles. The third-order valence-electron chi connectivity index (χ3n) is 4.67. The van der Waals surface area contributed by atoms with Gasteiger partial charge in [0.05, 0.1) is 0 Å². The van der Waals surface area contributed by atoms with Crippen molar-refractivity contribution in [3.63, 3.8) is 0 Å². The molecule has 8 heteroatoms. The van der Waals surface area contributed by atoms with Gasteiger partial charge in [-0.3, -0.25) is 0 Å². The predicted octanol–water partition coefficient (Wildman–Crippen LogP) is 1.87. The molecule has 2 heterocycles. The number of aromatic nitrogens is 3. The SMILES string of the molecule is Nc1n[nH]c(=O)nc1NC/C=C\COc1cccc(CC2CCCCCN2)c1. The second-order valence-electron chi connectivity index (χ2n) is 6.89. The van der Waals surface area contributed by atoms with Crippen molar-refractivity contribution in [1.29, 1.82) is 0 Å².